The number of allylic oxidation sites excluding steroid dienone is 4. The zero-order valence-electron chi connectivity index (χ0n) is 34.7. The highest BCUT2D eigenvalue weighted by molar-refractivity contribution is 6.10. The van der Waals surface area contributed by atoms with E-state index in [2.05, 4.69) is 32.1 Å². The van der Waals surface area contributed by atoms with Crippen molar-refractivity contribution in [3.63, 3.8) is 0 Å². The van der Waals surface area contributed by atoms with Gasteiger partial charge in [-0.15, -0.1) is 0 Å². The van der Waals surface area contributed by atoms with Crippen molar-refractivity contribution in [3.05, 3.63) is 107 Å². The van der Waals surface area contributed by atoms with Crippen LogP contribution in [0.25, 0.3) is 10.8 Å². The Hall–Kier alpha value is -4.21. The van der Waals surface area contributed by atoms with Gasteiger partial charge in [0.05, 0.1) is 23.7 Å². The fraction of sp³-hybridized carbons (Fsp3) is 0.540. The number of nitrogens with zero attached hydrogens (tertiary/aromatic N) is 1. The van der Waals surface area contributed by atoms with Crippen LogP contribution in [0.2, 0.25) is 0 Å². The first-order valence-corrected chi connectivity index (χ1v) is 21.7. The molecule has 7 nitrogen and oxygen atoms in total. The molecule has 1 amide bonds. The van der Waals surface area contributed by atoms with Gasteiger partial charge in [-0.25, -0.2) is 8.78 Å². The topological polar surface area (TPSA) is 104 Å². The first kappa shape index (κ1) is 39.0. The maximum atomic E-state index is 15.5. The van der Waals surface area contributed by atoms with E-state index in [4.69, 9.17) is 4.74 Å². The molecule has 1 aliphatic heterocycles. The number of amides is 1. The first-order chi connectivity index (χ1) is 27.8. The number of ketones is 1. The van der Waals surface area contributed by atoms with Gasteiger partial charge in [0, 0.05) is 39.3 Å². The van der Waals surface area contributed by atoms with Crippen LogP contribution >= 0.6 is 0 Å². The van der Waals surface area contributed by atoms with Gasteiger partial charge in [0.15, 0.2) is 23.0 Å². The average Bonchev–Trinajstić information content (AvgIpc) is 3.66. The van der Waals surface area contributed by atoms with Crippen LogP contribution in [-0.4, -0.2) is 56.6 Å². The molecule has 0 radical (unpaired) electrons. The van der Waals surface area contributed by atoms with Gasteiger partial charge in [0.2, 0.25) is 0 Å². The van der Waals surface area contributed by atoms with E-state index in [1.54, 1.807) is 4.90 Å². The maximum absolute atomic E-state index is 15.5. The lowest BCUT2D eigenvalue weighted by Crippen LogP contribution is -2.67. The molecule has 10 unspecified atom stereocenters. The van der Waals surface area contributed by atoms with Crippen molar-refractivity contribution in [1.29, 1.82) is 0 Å². The van der Waals surface area contributed by atoms with Crippen molar-refractivity contribution in [3.8, 4) is 0 Å². The molecular weight excluding hydrogens is 749 g/mol. The maximum Gasteiger partial charge on any atom is 0.313 e. The molecule has 11 rings (SSSR count). The molecule has 5 fully saturated rings. The number of Topliss-reactive ketones (excluding diaryl/α,β-unsaturated/α-hetero) is 1. The number of rotatable bonds is 7. The van der Waals surface area contributed by atoms with Crippen LogP contribution in [0.5, 0.6) is 0 Å². The van der Waals surface area contributed by atoms with E-state index in [0.29, 0.717) is 56.9 Å². The Balaban J connectivity index is 1.08. The second-order valence-electron chi connectivity index (χ2n) is 20.7. The van der Waals surface area contributed by atoms with Crippen LogP contribution in [0.1, 0.15) is 108 Å². The summed E-state index contributed by atoms with van der Waals surface area (Å²) in [6.45, 7) is 10.4. The van der Waals surface area contributed by atoms with E-state index < -0.39 is 56.0 Å². The molecule has 1 saturated heterocycles. The van der Waals surface area contributed by atoms with Crippen LogP contribution in [-0.2, 0) is 20.9 Å². The summed E-state index contributed by atoms with van der Waals surface area (Å²) < 4.78 is 35.2. The summed E-state index contributed by atoms with van der Waals surface area (Å²) in [4.78, 5) is 45.7. The molecule has 7 aliphatic carbocycles. The summed E-state index contributed by atoms with van der Waals surface area (Å²) in [5.74, 6) is -3.37. The molecule has 1 heterocycles. The van der Waals surface area contributed by atoms with E-state index >= 15 is 4.79 Å². The second-order valence-corrected chi connectivity index (χ2v) is 20.7. The number of halogens is 2. The Morgan fingerprint density at radius 3 is 2.27 bits per heavy atom. The van der Waals surface area contributed by atoms with Crippen molar-refractivity contribution in [2.75, 3.05) is 6.54 Å². The minimum atomic E-state index is -1.40. The van der Waals surface area contributed by atoms with E-state index in [1.165, 1.54) is 6.07 Å². The fourth-order valence-corrected chi connectivity index (χ4v) is 14.5. The molecule has 310 valence electrons. The number of hydrogen-bond acceptors (Lipinski definition) is 6. The Labute approximate surface area is 344 Å². The molecule has 9 heteroatoms. The van der Waals surface area contributed by atoms with Crippen molar-refractivity contribution >= 4 is 28.4 Å². The molecule has 3 aromatic rings. The largest absolute Gasteiger partial charge is 0.448 e. The first-order valence-electron chi connectivity index (χ1n) is 21.7. The second kappa shape index (κ2) is 12.2. The Bertz CT molecular complexity index is 2420. The summed E-state index contributed by atoms with van der Waals surface area (Å²) >= 11 is 0. The number of aliphatic hydroxyl groups is 2. The van der Waals surface area contributed by atoms with Crippen LogP contribution < -0.4 is 0 Å². The monoisotopic (exact) mass is 803 g/mol. The fourth-order valence-electron chi connectivity index (χ4n) is 14.5. The van der Waals surface area contributed by atoms with Gasteiger partial charge in [0.1, 0.15) is 0 Å². The van der Waals surface area contributed by atoms with E-state index in [1.807, 2.05) is 63.2 Å². The highest BCUT2D eigenvalue weighted by Gasteiger charge is 2.78. The molecule has 8 aliphatic rings. The van der Waals surface area contributed by atoms with Crippen LogP contribution in [0.3, 0.4) is 0 Å². The van der Waals surface area contributed by atoms with Gasteiger partial charge in [-0.05, 0) is 116 Å². The third-order valence-corrected chi connectivity index (χ3v) is 18.5. The number of carbonyl (C=O) groups is 3. The van der Waals surface area contributed by atoms with Gasteiger partial charge < -0.3 is 19.8 Å². The molecule has 10 atom stereocenters. The van der Waals surface area contributed by atoms with Gasteiger partial charge >= 0.3 is 5.97 Å². The van der Waals surface area contributed by atoms with Gasteiger partial charge in [-0.3, -0.25) is 14.4 Å². The molecule has 4 bridgehead atoms. The molecule has 2 spiro atoms. The summed E-state index contributed by atoms with van der Waals surface area (Å²) in [6, 6.07) is 17.4. The lowest BCUT2D eigenvalue weighted by Gasteiger charge is -2.71. The van der Waals surface area contributed by atoms with Crippen LogP contribution in [0.4, 0.5) is 8.78 Å². The molecule has 2 N–H and O–H groups in total. The van der Waals surface area contributed by atoms with Gasteiger partial charge in [0.25, 0.3) is 5.91 Å². The van der Waals surface area contributed by atoms with Crippen molar-refractivity contribution in [2.24, 2.45) is 44.3 Å². The lowest BCUT2D eigenvalue weighted by atomic mass is 9.32. The van der Waals surface area contributed by atoms with Crippen LogP contribution in [0, 0.1) is 56.0 Å². The van der Waals surface area contributed by atoms with Crippen molar-refractivity contribution in [1.82, 2.24) is 4.90 Å². The molecule has 4 saturated carbocycles. The molecule has 3 aromatic carbocycles. The molecular formula is C50H55F2NO6. The quantitative estimate of drug-likeness (QED) is 0.140. The minimum absolute atomic E-state index is 0.00216. The Kier molecular flexibility index (Phi) is 8.06. The average molecular weight is 804 g/mol. The SMILES string of the molecule is CC12CCC(C(=O)N(Cc3cccc4ccccc34)CC3(O)CCC4C56C=CC7(C=C5C(=O)c5ccc(F)c(F)c5)CC(O)CCC7(C)C6CCC43C)(OC1=O)C2(C)C. The minimum Gasteiger partial charge on any atom is -0.448 e. The summed E-state index contributed by atoms with van der Waals surface area (Å²) in [6.07, 6.45) is 11.0. The zero-order chi connectivity index (χ0) is 41.8. The Morgan fingerprint density at radius 2 is 1.54 bits per heavy atom. The Morgan fingerprint density at radius 1 is 0.831 bits per heavy atom. The van der Waals surface area contributed by atoms with Gasteiger partial charge in [-0.1, -0.05) is 88.4 Å². The molecule has 59 heavy (non-hydrogen) atoms. The summed E-state index contributed by atoms with van der Waals surface area (Å²) in [5.41, 5.74) is -5.37. The third kappa shape index (κ3) is 4.67. The highest BCUT2D eigenvalue weighted by atomic mass is 19.2. The summed E-state index contributed by atoms with van der Waals surface area (Å²) in [7, 11) is 0. The standard InChI is InChI=1S/C50H55F2NO6/c1-43(2)46(5)21-24-50(43,59-42(46)57)41(56)53(28-32-11-8-10-30-9-6-7-12-34(30)32)29-48(58)20-17-39-45(48,4)19-16-38-44(3)18-15-33(54)26-47(44)22-23-49(38,39)35(27-47)40(55)31-13-14-36(51)37(52)25-31/h6-14,22-23,25,27,33,38-39,54,58H,15-21,24,26,28-29H2,1-5H3. The van der Waals surface area contributed by atoms with Crippen molar-refractivity contribution in [2.45, 2.75) is 116 Å². The van der Waals surface area contributed by atoms with E-state index in [-0.39, 0.29) is 53.6 Å². The number of ether oxygens (including phenoxy) is 1. The number of fused-ring (bicyclic) bond motifs is 4. The predicted octanol–water partition coefficient (Wildman–Crippen LogP) is 9.04. The normalized spacial score (nSPS) is 40.9. The zero-order valence-corrected chi connectivity index (χ0v) is 34.7. The number of esters is 1. The number of benzene rings is 3. The highest BCUT2D eigenvalue weighted by Crippen LogP contribution is 2.78. The smallest absolute Gasteiger partial charge is 0.313 e. The molecule has 0 aromatic heterocycles. The third-order valence-electron chi connectivity index (χ3n) is 18.5. The number of hydrogen-bond donors (Lipinski definition) is 2. The van der Waals surface area contributed by atoms with E-state index in [9.17, 15) is 28.6 Å². The summed E-state index contributed by atoms with van der Waals surface area (Å²) in [5, 5.41) is 26.6. The lowest BCUT2D eigenvalue weighted by molar-refractivity contribution is -0.187. The van der Waals surface area contributed by atoms with Crippen molar-refractivity contribution < 1.29 is 38.1 Å². The number of carbonyl (C=O) groups excluding carboxylic acids is 3. The van der Waals surface area contributed by atoms with Crippen LogP contribution in [0.15, 0.2) is 84.5 Å². The van der Waals surface area contributed by atoms with Gasteiger partial charge in [-0.2, -0.15) is 0 Å². The predicted molar refractivity (Wildman–Crippen MR) is 219 cm³/mol. The van der Waals surface area contributed by atoms with E-state index in [0.717, 1.165) is 34.9 Å². The number of aliphatic hydroxyl groups excluding tert-OH is 1.